The molecule has 0 atom stereocenters. The van der Waals surface area contributed by atoms with E-state index in [1.807, 2.05) is 0 Å². The van der Waals surface area contributed by atoms with Gasteiger partial charge in [-0.1, -0.05) is 0 Å². The lowest BCUT2D eigenvalue weighted by molar-refractivity contribution is 0.149. The lowest BCUT2D eigenvalue weighted by Crippen LogP contribution is -2.14. The molecule has 0 amide bonds. The van der Waals surface area contributed by atoms with E-state index in [2.05, 4.69) is 15.3 Å². The van der Waals surface area contributed by atoms with Gasteiger partial charge in [0.2, 0.25) is 0 Å². The van der Waals surface area contributed by atoms with Crippen molar-refractivity contribution in [1.82, 2.24) is 9.97 Å². The lowest BCUT2D eigenvalue weighted by atomic mass is 9.96. The average Bonchev–Trinajstić information content (AvgIpc) is 2.43. The average molecular weight is 270 g/mol. The smallest absolute Gasteiger partial charge is 0.132 e. The number of nitrogens with one attached hydrogen (secondary N) is 1. The monoisotopic (exact) mass is 269 g/mol. The van der Waals surface area contributed by atoms with Crippen LogP contribution in [-0.2, 0) is 17.6 Å². The molecular weight excluding hydrogens is 250 g/mol. The predicted octanol–water partition coefficient (Wildman–Crippen LogP) is 2.41. The lowest BCUT2D eigenvalue weighted by Gasteiger charge is -2.17. The van der Waals surface area contributed by atoms with Crippen molar-refractivity contribution in [3.05, 3.63) is 17.6 Å². The molecule has 0 radical (unpaired) electrons. The second-order valence-corrected chi connectivity index (χ2v) is 4.81. The molecule has 1 heterocycles. The maximum atomic E-state index is 5.53. The number of nitrogens with zero attached hydrogens (tertiary/aromatic N) is 2. The van der Waals surface area contributed by atoms with Crippen molar-refractivity contribution in [2.75, 3.05) is 31.0 Å². The summed E-state index contributed by atoms with van der Waals surface area (Å²) in [5.74, 6) is 1.57. The Balaban J connectivity index is 1.79. The Bertz CT molecular complexity index is 373. The number of ether oxygens (including phenoxy) is 1. The molecule has 0 fully saturated rings. The first kappa shape index (κ1) is 13.6. The van der Waals surface area contributed by atoms with Gasteiger partial charge < -0.3 is 10.1 Å². The Morgan fingerprint density at radius 2 is 2.11 bits per heavy atom. The first-order chi connectivity index (χ1) is 8.92. The highest BCUT2D eigenvalue weighted by molar-refractivity contribution is 6.17. The Hall–Kier alpha value is -0.870. The molecule has 4 nitrogen and oxygen atoms in total. The number of alkyl halides is 1. The predicted molar refractivity (Wildman–Crippen MR) is 73.3 cm³/mol. The van der Waals surface area contributed by atoms with Crippen molar-refractivity contribution in [2.45, 2.75) is 32.1 Å². The highest BCUT2D eigenvalue weighted by atomic mass is 35.5. The zero-order valence-corrected chi connectivity index (χ0v) is 11.4. The molecule has 1 N–H and O–H groups in total. The molecule has 0 unspecified atom stereocenters. The molecule has 0 spiro atoms. The summed E-state index contributed by atoms with van der Waals surface area (Å²) < 4.78 is 5.33. The number of anilines is 1. The molecule has 1 aromatic heterocycles. The third kappa shape index (κ3) is 3.82. The van der Waals surface area contributed by atoms with E-state index in [4.69, 9.17) is 16.3 Å². The number of aryl methyl sites for hydroxylation is 1. The summed E-state index contributed by atoms with van der Waals surface area (Å²) in [5.41, 5.74) is 2.53. The minimum Gasteiger partial charge on any atom is -0.380 e. The fourth-order valence-electron chi connectivity index (χ4n) is 2.21. The molecule has 2 rings (SSSR count). The standard InChI is InChI=1S/C13H20ClN3O/c14-6-9-18-8-3-7-15-13-11-4-1-2-5-12(11)16-10-17-13/h10H,1-9H2,(H,15,16,17). The van der Waals surface area contributed by atoms with Crippen LogP contribution in [-0.4, -0.2) is 35.6 Å². The van der Waals surface area contributed by atoms with E-state index < -0.39 is 0 Å². The number of rotatable bonds is 7. The molecule has 0 saturated carbocycles. The molecule has 1 aromatic rings. The van der Waals surface area contributed by atoms with Crippen LogP contribution in [0.2, 0.25) is 0 Å². The minimum atomic E-state index is 0.562. The maximum absolute atomic E-state index is 5.53. The topological polar surface area (TPSA) is 47.0 Å². The SMILES string of the molecule is ClCCOCCCNc1ncnc2c1CCCC2. The Morgan fingerprint density at radius 3 is 3.00 bits per heavy atom. The zero-order valence-electron chi connectivity index (χ0n) is 10.6. The van der Waals surface area contributed by atoms with Gasteiger partial charge in [0.15, 0.2) is 0 Å². The van der Waals surface area contributed by atoms with E-state index in [9.17, 15) is 0 Å². The van der Waals surface area contributed by atoms with Crippen LogP contribution in [0, 0.1) is 0 Å². The molecule has 5 heteroatoms. The first-order valence-electron chi connectivity index (χ1n) is 6.62. The zero-order chi connectivity index (χ0) is 12.6. The van der Waals surface area contributed by atoms with Gasteiger partial charge in [0.1, 0.15) is 12.1 Å². The summed E-state index contributed by atoms with van der Waals surface area (Å²) >= 11 is 5.53. The first-order valence-corrected chi connectivity index (χ1v) is 7.15. The highest BCUT2D eigenvalue weighted by Gasteiger charge is 2.14. The highest BCUT2D eigenvalue weighted by Crippen LogP contribution is 2.24. The molecule has 1 aliphatic rings. The van der Waals surface area contributed by atoms with Gasteiger partial charge in [-0.3, -0.25) is 0 Å². The molecule has 0 bridgehead atoms. The third-order valence-electron chi connectivity index (χ3n) is 3.10. The number of fused-ring (bicyclic) bond motifs is 1. The molecule has 1 aliphatic carbocycles. The molecule has 100 valence electrons. The fourth-order valence-corrected chi connectivity index (χ4v) is 2.32. The van der Waals surface area contributed by atoms with Gasteiger partial charge in [-0.15, -0.1) is 11.6 Å². The van der Waals surface area contributed by atoms with E-state index >= 15 is 0 Å². The van der Waals surface area contributed by atoms with E-state index in [0.29, 0.717) is 12.5 Å². The van der Waals surface area contributed by atoms with Crippen molar-refractivity contribution >= 4 is 17.4 Å². The molecular formula is C13H20ClN3O. The molecule has 0 saturated heterocycles. The summed E-state index contributed by atoms with van der Waals surface area (Å²) in [7, 11) is 0. The van der Waals surface area contributed by atoms with Crippen LogP contribution in [0.25, 0.3) is 0 Å². The fraction of sp³-hybridized carbons (Fsp3) is 0.692. The number of hydrogen-bond acceptors (Lipinski definition) is 4. The quantitative estimate of drug-likeness (QED) is 0.610. The van der Waals surface area contributed by atoms with Crippen LogP contribution >= 0.6 is 11.6 Å². The van der Waals surface area contributed by atoms with Gasteiger partial charge in [0.05, 0.1) is 6.61 Å². The van der Waals surface area contributed by atoms with Crippen LogP contribution < -0.4 is 5.32 Å². The molecule has 18 heavy (non-hydrogen) atoms. The van der Waals surface area contributed by atoms with Gasteiger partial charge in [-0.25, -0.2) is 9.97 Å². The van der Waals surface area contributed by atoms with Crippen LogP contribution in [0.5, 0.6) is 0 Å². The number of halogens is 1. The van der Waals surface area contributed by atoms with E-state index in [1.54, 1.807) is 6.33 Å². The van der Waals surface area contributed by atoms with Crippen molar-refractivity contribution in [1.29, 1.82) is 0 Å². The number of hydrogen-bond donors (Lipinski definition) is 1. The van der Waals surface area contributed by atoms with Gasteiger partial charge >= 0.3 is 0 Å². The summed E-state index contributed by atoms with van der Waals surface area (Å²) in [5, 5.41) is 3.39. The van der Waals surface area contributed by atoms with Crippen LogP contribution in [0.15, 0.2) is 6.33 Å². The van der Waals surface area contributed by atoms with E-state index in [-0.39, 0.29) is 0 Å². The third-order valence-corrected chi connectivity index (χ3v) is 3.26. The minimum absolute atomic E-state index is 0.562. The summed E-state index contributed by atoms with van der Waals surface area (Å²) in [4.78, 5) is 8.70. The van der Waals surface area contributed by atoms with Gasteiger partial charge in [-0.05, 0) is 32.1 Å². The van der Waals surface area contributed by atoms with Crippen molar-refractivity contribution in [3.63, 3.8) is 0 Å². The summed E-state index contributed by atoms with van der Waals surface area (Å²) in [6.45, 7) is 2.25. The van der Waals surface area contributed by atoms with Crippen molar-refractivity contribution in [2.24, 2.45) is 0 Å². The maximum Gasteiger partial charge on any atom is 0.132 e. The Labute approximate surface area is 113 Å². The Kier molecular flexibility index (Phi) is 5.68. The van der Waals surface area contributed by atoms with Gasteiger partial charge in [0, 0.05) is 30.3 Å². The van der Waals surface area contributed by atoms with E-state index in [0.717, 1.165) is 38.2 Å². The number of aromatic nitrogens is 2. The van der Waals surface area contributed by atoms with Gasteiger partial charge in [-0.2, -0.15) is 0 Å². The second-order valence-electron chi connectivity index (χ2n) is 4.44. The summed E-state index contributed by atoms with van der Waals surface area (Å²) in [6.07, 6.45) is 7.31. The van der Waals surface area contributed by atoms with E-state index in [1.165, 1.54) is 24.1 Å². The summed E-state index contributed by atoms with van der Waals surface area (Å²) in [6, 6.07) is 0. The van der Waals surface area contributed by atoms with Gasteiger partial charge in [0.25, 0.3) is 0 Å². The second kappa shape index (κ2) is 7.54. The Morgan fingerprint density at radius 1 is 1.22 bits per heavy atom. The normalized spacial score (nSPS) is 14.3. The van der Waals surface area contributed by atoms with Crippen LogP contribution in [0.3, 0.4) is 0 Å². The largest absolute Gasteiger partial charge is 0.380 e. The molecule has 0 aliphatic heterocycles. The van der Waals surface area contributed by atoms with Crippen LogP contribution in [0.4, 0.5) is 5.82 Å². The van der Waals surface area contributed by atoms with Crippen molar-refractivity contribution < 1.29 is 4.74 Å². The van der Waals surface area contributed by atoms with Crippen LogP contribution in [0.1, 0.15) is 30.5 Å². The molecule has 0 aromatic carbocycles. The van der Waals surface area contributed by atoms with Crippen molar-refractivity contribution in [3.8, 4) is 0 Å².